The van der Waals surface area contributed by atoms with Crippen LogP contribution in [0.3, 0.4) is 0 Å². The molecule has 3 saturated heterocycles. The second kappa shape index (κ2) is 21.7. The zero-order chi connectivity index (χ0) is 47.4. The first-order valence-electron chi connectivity index (χ1n) is 21.5. The molecule has 65 heavy (non-hydrogen) atoms. The molecular formula is C43H60O22. The van der Waals surface area contributed by atoms with Crippen LogP contribution in [0.2, 0.25) is 0 Å². The smallest absolute Gasteiger partial charge is 0.337 e. The van der Waals surface area contributed by atoms with Crippen molar-refractivity contribution in [1.29, 1.82) is 0 Å². The zero-order valence-electron chi connectivity index (χ0n) is 36.5. The molecule has 8 N–H and O–H groups in total. The van der Waals surface area contributed by atoms with E-state index in [0.29, 0.717) is 6.42 Å². The van der Waals surface area contributed by atoms with Gasteiger partial charge in [0, 0.05) is 28.9 Å². The molecule has 364 valence electrons. The monoisotopic (exact) mass is 928 g/mol. The van der Waals surface area contributed by atoms with Gasteiger partial charge in [0.2, 0.25) is 12.6 Å². The molecule has 6 rings (SSSR count). The molecule has 0 radical (unpaired) electrons. The Morgan fingerprint density at radius 2 is 1.37 bits per heavy atom. The number of cyclic esters (lactones) is 1. The number of carbonyl (C=O) groups is 4. The van der Waals surface area contributed by atoms with E-state index in [0.717, 1.165) is 19.6 Å². The Kier molecular flexibility index (Phi) is 16.8. The normalized spacial score (nSPS) is 42.4. The van der Waals surface area contributed by atoms with Gasteiger partial charge in [0.1, 0.15) is 54.9 Å². The van der Waals surface area contributed by atoms with Crippen LogP contribution in [0.25, 0.3) is 0 Å². The molecule has 0 unspecified atom stereocenters. The fourth-order valence-corrected chi connectivity index (χ4v) is 9.35. The Balaban J connectivity index is 1.14. The van der Waals surface area contributed by atoms with Crippen LogP contribution in [0.15, 0.2) is 47.0 Å². The van der Waals surface area contributed by atoms with Crippen LogP contribution < -0.4 is 0 Å². The van der Waals surface area contributed by atoms with Crippen molar-refractivity contribution >= 4 is 23.9 Å². The molecule has 0 aromatic heterocycles. The predicted molar refractivity (Wildman–Crippen MR) is 213 cm³/mol. The molecule has 0 aromatic carbocycles. The summed E-state index contributed by atoms with van der Waals surface area (Å²) >= 11 is 0. The van der Waals surface area contributed by atoms with E-state index in [1.54, 1.807) is 19.9 Å². The Hall–Kier alpha value is -4.04. The molecule has 4 fully saturated rings. The summed E-state index contributed by atoms with van der Waals surface area (Å²) < 4.78 is 56.8. The maximum absolute atomic E-state index is 13.8. The minimum Gasteiger partial charge on any atom is -0.468 e. The van der Waals surface area contributed by atoms with Crippen LogP contribution in [-0.2, 0) is 66.5 Å². The first-order valence-corrected chi connectivity index (χ1v) is 21.5. The molecule has 5 heterocycles. The van der Waals surface area contributed by atoms with E-state index >= 15 is 0 Å². The molecule has 22 nitrogen and oxygen atoms in total. The highest BCUT2D eigenvalue weighted by Gasteiger charge is 2.51. The summed E-state index contributed by atoms with van der Waals surface area (Å²) in [7, 11) is 1.14. The second-order valence-corrected chi connectivity index (χ2v) is 17.0. The van der Waals surface area contributed by atoms with E-state index in [2.05, 4.69) is 0 Å². The van der Waals surface area contributed by atoms with Crippen molar-refractivity contribution in [1.82, 2.24) is 0 Å². The lowest BCUT2D eigenvalue weighted by Crippen LogP contribution is -2.60. The maximum atomic E-state index is 13.8. The van der Waals surface area contributed by atoms with Gasteiger partial charge in [-0.1, -0.05) is 26.0 Å². The molecule has 22 heteroatoms. The van der Waals surface area contributed by atoms with Crippen molar-refractivity contribution in [3.8, 4) is 0 Å². The molecule has 19 atom stereocenters. The second-order valence-electron chi connectivity index (χ2n) is 17.0. The summed E-state index contributed by atoms with van der Waals surface area (Å²) in [6, 6.07) is 0. The molecule has 0 spiro atoms. The lowest BCUT2D eigenvalue weighted by Gasteiger charge is -2.42. The number of aliphatic hydroxyl groups is 8. The van der Waals surface area contributed by atoms with E-state index in [1.165, 1.54) is 6.08 Å². The molecule has 0 amide bonds. The van der Waals surface area contributed by atoms with Gasteiger partial charge >= 0.3 is 23.9 Å². The third-order valence-electron chi connectivity index (χ3n) is 13.3. The molecule has 1 saturated carbocycles. The summed E-state index contributed by atoms with van der Waals surface area (Å²) in [6.45, 7) is 5.29. The van der Waals surface area contributed by atoms with Crippen LogP contribution in [0, 0.1) is 35.5 Å². The van der Waals surface area contributed by atoms with Crippen LogP contribution >= 0.6 is 0 Å². The first-order chi connectivity index (χ1) is 31.0. The van der Waals surface area contributed by atoms with Crippen LogP contribution in [0.1, 0.15) is 47.0 Å². The Morgan fingerprint density at radius 1 is 0.800 bits per heavy atom. The van der Waals surface area contributed by atoms with Crippen LogP contribution in [0.5, 0.6) is 0 Å². The predicted octanol–water partition coefficient (Wildman–Crippen LogP) is -1.90. The van der Waals surface area contributed by atoms with Gasteiger partial charge in [0.05, 0.1) is 70.0 Å². The van der Waals surface area contributed by atoms with Crippen molar-refractivity contribution in [3.63, 3.8) is 0 Å². The lowest BCUT2D eigenvalue weighted by molar-refractivity contribution is -0.327. The Morgan fingerprint density at radius 3 is 1.92 bits per heavy atom. The number of esters is 4. The molecule has 5 aliphatic heterocycles. The topological polar surface area (TPSA) is 322 Å². The quantitative estimate of drug-likeness (QED) is 0.0637. The van der Waals surface area contributed by atoms with E-state index in [9.17, 15) is 60.0 Å². The summed E-state index contributed by atoms with van der Waals surface area (Å²) in [5.41, 5.74) is 0.427. The number of fused-ring (bicyclic) bond motifs is 3. The molecule has 6 aliphatic rings. The van der Waals surface area contributed by atoms with Crippen molar-refractivity contribution in [3.05, 3.63) is 47.0 Å². The highest BCUT2D eigenvalue weighted by atomic mass is 16.8. The number of aliphatic hydroxyl groups excluding tert-OH is 8. The molecule has 1 aliphatic carbocycles. The van der Waals surface area contributed by atoms with Gasteiger partial charge in [-0.3, -0.25) is 9.59 Å². The number of ether oxygens (including phenoxy) is 10. The molecule has 2 bridgehead atoms. The van der Waals surface area contributed by atoms with Gasteiger partial charge in [-0.25, -0.2) is 9.59 Å². The van der Waals surface area contributed by atoms with E-state index in [4.69, 9.17) is 47.4 Å². The van der Waals surface area contributed by atoms with Gasteiger partial charge in [-0.15, -0.1) is 0 Å². The lowest BCUT2D eigenvalue weighted by atomic mass is 9.83. The largest absolute Gasteiger partial charge is 0.468 e. The molecule has 0 aromatic rings. The van der Waals surface area contributed by atoms with Crippen molar-refractivity contribution in [2.24, 2.45) is 35.5 Å². The number of hydrogen-bond donors (Lipinski definition) is 8. The SMILES string of the molecule is CC=C1[C@H](O[C@@H]2O[C@H](CO)[C@@H](O)[C@H](O)[C@H]2O)OC=C(C(=O)OC)[C@H]1CC(=O)OC[C@@H]1[C@@H](C)[C@@H]2C[C@H]1[C@@H](C)COC(=O)C1=CO[C@@H](O[C@@H]3O[C@H](CO)[C@@H](O)[C@H](O)[C@H]3O)C(=CC)[C@@H]1CC(=O)O2. The summed E-state index contributed by atoms with van der Waals surface area (Å²) in [5.74, 6) is -6.39. The van der Waals surface area contributed by atoms with Crippen molar-refractivity contribution < 1.29 is 107 Å². The van der Waals surface area contributed by atoms with Gasteiger partial charge in [-0.2, -0.15) is 0 Å². The van der Waals surface area contributed by atoms with Gasteiger partial charge in [-0.05, 0) is 38.0 Å². The number of carbonyl (C=O) groups excluding carboxylic acids is 4. The van der Waals surface area contributed by atoms with Crippen molar-refractivity contribution in [2.45, 2.75) is 127 Å². The third-order valence-corrected chi connectivity index (χ3v) is 13.3. The Bertz CT molecular complexity index is 1840. The first kappa shape index (κ1) is 50.4. The van der Waals surface area contributed by atoms with Crippen molar-refractivity contribution in [2.75, 3.05) is 33.5 Å². The Labute approximate surface area is 373 Å². The third kappa shape index (κ3) is 10.6. The average Bonchev–Trinajstić information content (AvgIpc) is 3.60. The highest BCUT2D eigenvalue weighted by Crippen LogP contribution is 2.45. The fourth-order valence-electron chi connectivity index (χ4n) is 9.35. The fraction of sp³-hybridized carbons (Fsp3) is 0.721. The molecular weight excluding hydrogens is 868 g/mol. The van der Waals surface area contributed by atoms with E-state index in [1.807, 2.05) is 13.8 Å². The summed E-state index contributed by atoms with van der Waals surface area (Å²) in [6.07, 6.45) is -14.6. The number of allylic oxidation sites excluding steroid dienone is 2. The van der Waals surface area contributed by atoms with Gasteiger partial charge in [0.15, 0.2) is 12.6 Å². The van der Waals surface area contributed by atoms with Crippen LogP contribution in [0.4, 0.5) is 0 Å². The number of hydrogen-bond acceptors (Lipinski definition) is 22. The summed E-state index contributed by atoms with van der Waals surface area (Å²) in [4.78, 5) is 54.1. The number of rotatable bonds is 11. The minimum absolute atomic E-state index is 0.0165. The van der Waals surface area contributed by atoms with Crippen LogP contribution in [-0.4, -0.2) is 178 Å². The minimum atomic E-state index is -1.77. The zero-order valence-corrected chi connectivity index (χ0v) is 36.5. The maximum Gasteiger partial charge on any atom is 0.337 e. The summed E-state index contributed by atoms with van der Waals surface area (Å²) in [5, 5.41) is 81.4. The van der Waals surface area contributed by atoms with E-state index < -0.39 is 141 Å². The van der Waals surface area contributed by atoms with E-state index in [-0.39, 0.29) is 59.7 Å². The number of methoxy groups -OCH3 is 1. The van der Waals surface area contributed by atoms with Gasteiger partial charge < -0.3 is 88.2 Å². The highest BCUT2D eigenvalue weighted by molar-refractivity contribution is 5.91. The van der Waals surface area contributed by atoms with Gasteiger partial charge in [0.25, 0.3) is 0 Å². The average molecular weight is 929 g/mol. The standard InChI is InChI=1S/C43H60O22/c1-6-19-22(25(38(54)56-5)15-59-40(19)64-42-36(52)34(50)32(48)28(11-44)62-42)9-30(46)57-14-24-18(4)27-8-21(24)17(3)13-58-39(55)26-16-60-41(20(7-2)23(26)10-31(47)61-27)65-43-37(53)35(51)33(49)29(12-45)63-43/h6-7,15-18,21-24,27-29,32-37,40-45,48-53H,8-14H2,1-5H3/t17-,18+,21-,22-,23-,24+,27-,28+,29+,32+,33+,34-,35-,36+,37+,40-,41-,42-,43-/m0/s1.